The van der Waals surface area contributed by atoms with Gasteiger partial charge < -0.3 is 23.0 Å². The van der Waals surface area contributed by atoms with Crippen LogP contribution in [0.15, 0.2) is 18.2 Å². The fraction of sp³-hybridized carbons (Fsp3) is 0.300. The van der Waals surface area contributed by atoms with Crippen molar-refractivity contribution in [3.8, 4) is 5.75 Å². The van der Waals surface area contributed by atoms with Gasteiger partial charge in [0.25, 0.3) is 0 Å². The summed E-state index contributed by atoms with van der Waals surface area (Å²) in [5, 5.41) is 2.60. The van der Waals surface area contributed by atoms with Gasteiger partial charge in [0.2, 0.25) is 5.91 Å². The number of carbonyl (C=O) groups is 1. The predicted molar refractivity (Wildman–Crippen MR) is 58.0 cm³/mol. The number of nitrogens with one attached hydrogen (secondary N) is 1. The molecule has 1 aromatic carbocycles. The molecule has 0 fully saturated rings. The normalized spacial score (nSPS) is 14.3. The van der Waals surface area contributed by atoms with Crippen molar-refractivity contribution in [2.45, 2.75) is 12.8 Å². The average Bonchev–Trinajstić information content (AvgIpc) is 2.24. The van der Waals surface area contributed by atoms with Crippen molar-refractivity contribution in [1.29, 1.82) is 0 Å². The molecule has 0 saturated carbocycles. The van der Waals surface area contributed by atoms with Gasteiger partial charge in [0.15, 0.2) is 0 Å². The molecule has 1 aliphatic rings. The van der Waals surface area contributed by atoms with E-state index in [1.807, 2.05) is 0 Å². The van der Waals surface area contributed by atoms with Gasteiger partial charge in [-0.05, 0) is 18.1 Å². The van der Waals surface area contributed by atoms with Crippen LogP contribution in [0, 0.1) is 0 Å². The van der Waals surface area contributed by atoms with E-state index in [0.29, 0.717) is 18.5 Å². The number of rotatable bonds is 3. The Balaban J connectivity index is 0.00000162. The standard InChI is InChI=1S/C10H10BF3NO2.K/c12-11(13,14)6-17-8-3-1-7-2-4-10(16)15-9(7)5-8;/h1,3,5H,2,4,6H2,(H,15,16);/q-1;+1. The molecule has 3 nitrogen and oxygen atoms in total. The minimum absolute atomic E-state index is 0. The number of anilines is 1. The monoisotopic (exact) mass is 283 g/mol. The number of hydrogen-bond acceptors (Lipinski definition) is 2. The van der Waals surface area contributed by atoms with Gasteiger partial charge in [-0.2, -0.15) is 0 Å². The molecule has 1 N–H and O–H groups in total. The summed E-state index contributed by atoms with van der Waals surface area (Å²) < 4.78 is 40.7. The molecular weight excluding hydrogens is 273 g/mol. The Morgan fingerprint density at radius 2 is 2.00 bits per heavy atom. The van der Waals surface area contributed by atoms with E-state index in [9.17, 15) is 17.7 Å². The molecule has 1 amide bonds. The van der Waals surface area contributed by atoms with Crippen LogP contribution in [0.1, 0.15) is 12.0 Å². The maximum Gasteiger partial charge on any atom is 1.00 e. The van der Waals surface area contributed by atoms with Crippen LogP contribution in [0.4, 0.5) is 18.6 Å². The SMILES string of the molecule is O=C1CCc2ccc(OC[B-](F)(F)F)cc2N1.[K+]. The van der Waals surface area contributed by atoms with E-state index in [-0.39, 0.29) is 63.0 Å². The second-order valence-corrected chi connectivity index (χ2v) is 3.89. The Bertz CT molecular complexity index is 453. The first kappa shape index (κ1) is 16.0. The van der Waals surface area contributed by atoms with Crippen LogP contribution in [0.25, 0.3) is 0 Å². The fourth-order valence-electron chi connectivity index (χ4n) is 1.63. The molecule has 0 spiro atoms. The first-order valence-electron chi connectivity index (χ1n) is 5.20. The molecule has 0 bridgehead atoms. The first-order valence-corrected chi connectivity index (χ1v) is 5.20. The van der Waals surface area contributed by atoms with Gasteiger partial charge in [0.1, 0.15) is 5.75 Å². The van der Waals surface area contributed by atoms with Gasteiger partial charge in [-0.3, -0.25) is 4.79 Å². The summed E-state index contributed by atoms with van der Waals surface area (Å²) in [5.41, 5.74) is 1.45. The van der Waals surface area contributed by atoms with Crippen molar-refractivity contribution in [1.82, 2.24) is 0 Å². The molecule has 0 aliphatic carbocycles. The molecule has 8 heteroatoms. The van der Waals surface area contributed by atoms with E-state index in [2.05, 4.69) is 10.1 Å². The molecule has 1 heterocycles. The minimum Gasteiger partial charge on any atom is -0.522 e. The molecule has 1 aliphatic heterocycles. The van der Waals surface area contributed by atoms with Crippen LogP contribution in [0.5, 0.6) is 5.75 Å². The topological polar surface area (TPSA) is 38.3 Å². The zero-order valence-corrected chi connectivity index (χ0v) is 13.0. The molecule has 0 radical (unpaired) electrons. The Hall–Kier alpha value is -0.0187. The third-order valence-corrected chi connectivity index (χ3v) is 2.42. The molecule has 2 rings (SSSR count). The molecular formula is C10H10BF3KNO2. The Morgan fingerprint density at radius 3 is 2.67 bits per heavy atom. The Morgan fingerprint density at radius 1 is 1.28 bits per heavy atom. The fourth-order valence-corrected chi connectivity index (χ4v) is 1.63. The van der Waals surface area contributed by atoms with E-state index in [0.717, 1.165) is 5.56 Å². The van der Waals surface area contributed by atoms with Crippen molar-refractivity contribution in [2.75, 3.05) is 11.8 Å². The van der Waals surface area contributed by atoms with Crippen molar-refractivity contribution in [3.05, 3.63) is 23.8 Å². The summed E-state index contributed by atoms with van der Waals surface area (Å²) in [4.78, 5) is 11.1. The number of fused-ring (bicyclic) bond motifs is 1. The Kier molecular flexibility index (Phi) is 5.72. The summed E-state index contributed by atoms with van der Waals surface area (Å²) in [5.74, 6) is -0.0140. The van der Waals surface area contributed by atoms with Crippen LogP contribution in [-0.2, 0) is 11.2 Å². The van der Waals surface area contributed by atoms with Crippen LogP contribution in [0.3, 0.4) is 0 Å². The molecule has 0 aromatic heterocycles. The van der Waals surface area contributed by atoms with Gasteiger partial charge in [-0.15, -0.1) is 0 Å². The van der Waals surface area contributed by atoms with Crippen LogP contribution in [-0.4, -0.2) is 19.4 Å². The van der Waals surface area contributed by atoms with Crippen molar-refractivity contribution in [3.63, 3.8) is 0 Å². The van der Waals surface area contributed by atoms with Gasteiger partial charge in [0.05, 0.1) is 6.51 Å². The Labute approximate surface area is 145 Å². The molecule has 1 aromatic rings. The molecule has 0 atom stereocenters. The third kappa shape index (κ3) is 4.58. The first-order chi connectivity index (χ1) is 7.94. The summed E-state index contributed by atoms with van der Waals surface area (Å²) in [6.07, 6.45) is 1.00. The summed E-state index contributed by atoms with van der Waals surface area (Å²) >= 11 is 0. The van der Waals surface area contributed by atoms with Crippen LogP contribution in [0.2, 0.25) is 0 Å². The van der Waals surface area contributed by atoms with Crippen molar-refractivity contribution < 1.29 is 73.9 Å². The average molecular weight is 283 g/mol. The molecule has 0 saturated heterocycles. The maximum atomic E-state index is 12.0. The largest absolute Gasteiger partial charge is 1.00 e. The zero-order chi connectivity index (χ0) is 12.5. The number of ether oxygens (including phenoxy) is 1. The number of amides is 1. The zero-order valence-electron chi connectivity index (χ0n) is 9.88. The number of aryl methyl sites for hydroxylation is 1. The van der Waals surface area contributed by atoms with Crippen LogP contribution >= 0.6 is 0 Å². The van der Waals surface area contributed by atoms with Gasteiger partial charge in [-0.1, -0.05) is 6.07 Å². The van der Waals surface area contributed by atoms with Gasteiger partial charge in [0, 0.05) is 18.2 Å². The predicted octanol–water partition coefficient (Wildman–Crippen LogP) is -0.659. The number of hydrogen-bond donors (Lipinski definition) is 1. The van der Waals surface area contributed by atoms with Crippen molar-refractivity contribution >= 4 is 18.6 Å². The smallest absolute Gasteiger partial charge is 0.522 e. The molecule has 92 valence electrons. The third-order valence-electron chi connectivity index (χ3n) is 2.42. The number of halogens is 3. The second-order valence-electron chi connectivity index (χ2n) is 3.89. The van der Waals surface area contributed by atoms with Crippen LogP contribution < -0.4 is 61.4 Å². The van der Waals surface area contributed by atoms with Crippen molar-refractivity contribution in [2.24, 2.45) is 0 Å². The van der Waals surface area contributed by atoms with E-state index in [1.165, 1.54) is 12.1 Å². The number of carbonyl (C=O) groups excluding carboxylic acids is 1. The summed E-state index contributed by atoms with van der Waals surface area (Å²) in [7, 11) is 0. The maximum absolute atomic E-state index is 12.0. The second kappa shape index (κ2) is 6.43. The van der Waals surface area contributed by atoms with E-state index in [1.54, 1.807) is 6.07 Å². The quantitative estimate of drug-likeness (QED) is 0.748. The van der Waals surface area contributed by atoms with Gasteiger partial charge in [-0.25, -0.2) is 0 Å². The number of benzene rings is 1. The van der Waals surface area contributed by atoms with E-state index >= 15 is 0 Å². The summed E-state index contributed by atoms with van der Waals surface area (Å²) in [6, 6.07) is 4.58. The molecule has 18 heavy (non-hydrogen) atoms. The molecule has 0 unspecified atom stereocenters. The minimum atomic E-state index is -4.96. The van der Waals surface area contributed by atoms with E-state index < -0.39 is 13.5 Å². The van der Waals surface area contributed by atoms with E-state index in [4.69, 9.17) is 0 Å². The summed E-state index contributed by atoms with van der Waals surface area (Å²) in [6.45, 7) is -6.23. The van der Waals surface area contributed by atoms with Gasteiger partial charge >= 0.3 is 58.4 Å².